The summed E-state index contributed by atoms with van der Waals surface area (Å²) in [6.45, 7) is 0.455. The summed E-state index contributed by atoms with van der Waals surface area (Å²) in [5.74, 6) is 0.281. The van der Waals surface area contributed by atoms with Crippen molar-refractivity contribution in [2.24, 2.45) is 0 Å². The molecule has 1 aliphatic heterocycles. The minimum Gasteiger partial charge on any atom is -0.493 e. The van der Waals surface area contributed by atoms with Crippen LogP contribution in [0.5, 0.6) is 5.75 Å². The Balaban J connectivity index is 1.77. The van der Waals surface area contributed by atoms with Crippen LogP contribution in [-0.2, 0) is 6.42 Å². The molecule has 2 nitrogen and oxygen atoms in total. The Hall–Kier alpha value is -1.58. The van der Waals surface area contributed by atoms with Gasteiger partial charge in [-0.2, -0.15) is 0 Å². The molecule has 3 rings (SSSR count). The van der Waals surface area contributed by atoms with Crippen LogP contribution in [-0.4, -0.2) is 17.8 Å². The Kier molecular flexibility index (Phi) is 3.64. The van der Waals surface area contributed by atoms with Gasteiger partial charge >= 0.3 is 0 Å². The first-order chi connectivity index (χ1) is 9.65. The zero-order chi connectivity index (χ0) is 14.1. The van der Waals surface area contributed by atoms with Gasteiger partial charge in [-0.3, -0.25) is 0 Å². The summed E-state index contributed by atoms with van der Waals surface area (Å²) in [7, 11) is 0. The monoisotopic (exact) mass is 292 g/mol. The minimum absolute atomic E-state index is 0.0788. The van der Waals surface area contributed by atoms with Crippen LogP contribution in [0.4, 0.5) is 4.39 Å². The van der Waals surface area contributed by atoms with Gasteiger partial charge in [0.15, 0.2) is 0 Å². The third-order valence-electron chi connectivity index (χ3n) is 3.63. The summed E-state index contributed by atoms with van der Waals surface area (Å²) >= 11 is 5.65. The molecule has 0 aliphatic carbocycles. The first kappa shape index (κ1) is 13.4. The number of hydrogen-bond donors (Lipinski definition) is 1. The second-order valence-electron chi connectivity index (χ2n) is 4.98. The summed E-state index contributed by atoms with van der Waals surface area (Å²) in [6, 6.07) is 12.3. The molecule has 0 aromatic heterocycles. The quantitative estimate of drug-likeness (QED) is 0.937. The normalized spacial score (nSPS) is 18.4. The summed E-state index contributed by atoms with van der Waals surface area (Å²) in [4.78, 5) is 0. The fraction of sp³-hybridized carbons (Fsp3) is 0.250. The molecule has 1 heterocycles. The second-order valence-corrected chi connectivity index (χ2v) is 5.38. The van der Waals surface area contributed by atoms with Crippen LogP contribution in [0, 0.1) is 5.82 Å². The highest BCUT2D eigenvalue weighted by atomic mass is 35.5. The van der Waals surface area contributed by atoms with E-state index in [1.807, 2.05) is 24.3 Å². The number of aliphatic hydroxyl groups is 1. The lowest BCUT2D eigenvalue weighted by Crippen LogP contribution is -2.22. The molecule has 0 spiro atoms. The maximum absolute atomic E-state index is 13.4. The number of ether oxygens (including phenoxy) is 1. The van der Waals surface area contributed by atoms with Crippen molar-refractivity contribution in [2.75, 3.05) is 6.61 Å². The Bertz CT molecular complexity index is 630. The van der Waals surface area contributed by atoms with Crippen LogP contribution in [0.1, 0.15) is 17.0 Å². The molecule has 4 heteroatoms. The van der Waals surface area contributed by atoms with Gasteiger partial charge < -0.3 is 9.84 Å². The molecule has 2 unspecified atom stereocenters. The number of fused-ring (bicyclic) bond motifs is 1. The van der Waals surface area contributed by atoms with E-state index in [4.69, 9.17) is 16.3 Å². The lowest BCUT2D eigenvalue weighted by molar-refractivity contribution is 0.129. The van der Waals surface area contributed by atoms with Crippen molar-refractivity contribution < 1.29 is 14.2 Å². The van der Waals surface area contributed by atoms with Gasteiger partial charge in [-0.1, -0.05) is 35.9 Å². The summed E-state index contributed by atoms with van der Waals surface area (Å²) in [5, 5.41) is 10.5. The maximum atomic E-state index is 13.4. The summed E-state index contributed by atoms with van der Waals surface area (Å²) < 4.78 is 19.0. The van der Waals surface area contributed by atoms with Gasteiger partial charge in [0.1, 0.15) is 11.6 Å². The smallest absolute Gasteiger partial charge is 0.142 e. The molecular weight excluding hydrogens is 279 g/mol. The maximum Gasteiger partial charge on any atom is 0.142 e. The topological polar surface area (TPSA) is 29.5 Å². The van der Waals surface area contributed by atoms with E-state index in [9.17, 15) is 9.50 Å². The van der Waals surface area contributed by atoms with Crippen molar-refractivity contribution in [3.05, 3.63) is 64.4 Å². The third-order valence-corrected chi connectivity index (χ3v) is 3.94. The molecule has 104 valence electrons. The zero-order valence-corrected chi connectivity index (χ0v) is 11.5. The number of benzene rings is 2. The predicted molar refractivity (Wildman–Crippen MR) is 75.8 cm³/mol. The van der Waals surface area contributed by atoms with E-state index in [2.05, 4.69) is 0 Å². The number of hydrogen-bond acceptors (Lipinski definition) is 2. The van der Waals surface area contributed by atoms with Crippen LogP contribution in [0.3, 0.4) is 0 Å². The van der Waals surface area contributed by atoms with Gasteiger partial charge in [0.25, 0.3) is 0 Å². The molecule has 2 atom stereocenters. The molecule has 0 saturated heterocycles. The van der Waals surface area contributed by atoms with Crippen molar-refractivity contribution in [1.29, 1.82) is 0 Å². The summed E-state index contributed by atoms with van der Waals surface area (Å²) in [5.41, 5.74) is 1.73. The molecular formula is C16H14ClFO2. The molecule has 2 aromatic carbocycles. The van der Waals surface area contributed by atoms with Crippen molar-refractivity contribution in [2.45, 2.75) is 18.4 Å². The van der Waals surface area contributed by atoms with E-state index < -0.39 is 11.9 Å². The lowest BCUT2D eigenvalue weighted by atomic mass is 9.91. The predicted octanol–water partition coefficient (Wildman–Crippen LogP) is 3.56. The first-order valence-corrected chi connectivity index (χ1v) is 6.86. The lowest BCUT2D eigenvalue weighted by Gasteiger charge is -2.17. The van der Waals surface area contributed by atoms with Crippen LogP contribution in [0.2, 0.25) is 5.02 Å². The van der Waals surface area contributed by atoms with Gasteiger partial charge in [0.2, 0.25) is 0 Å². The molecule has 1 aliphatic rings. The van der Waals surface area contributed by atoms with Crippen molar-refractivity contribution in [3.8, 4) is 5.75 Å². The van der Waals surface area contributed by atoms with Gasteiger partial charge in [0.05, 0.1) is 17.7 Å². The van der Waals surface area contributed by atoms with Crippen LogP contribution in [0.15, 0.2) is 42.5 Å². The highest BCUT2D eigenvalue weighted by Crippen LogP contribution is 2.36. The Morgan fingerprint density at radius 1 is 1.30 bits per heavy atom. The van der Waals surface area contributed by atoms with E-state index in [0.717, 1.165) is 16.9 Å². The molecule has 20 heavy (non-hydrogen) atoms. The van der Waals surface area contributed by atoms with Crippen LogP contribution >= 0.6 is 11.6 Å². The van der Waals surface area contributed by atoms with Gasteiger partial charge in [-0.25, -0.2) is 4.39 Å². The second kappa shape index (κ2) is 5.43. The SMILES string of the molecule is OC(Cc1ccc(Cl)c(F)c1)C1COc2ccccc21. The Labute approximate surface area is 121 Å². The average molecular weight is 293 g/mol. The van der Waals surface area contributed by atoms with Gasteiger partial charge in [-0.05, 0) is 30.2 Å². The number of rotatable bonds is 3. The zero-order valence-electron chi connectivity index (χ0n) is 10.7. The average Bonchev–Trinajstić information content (AvgIpc) is 2.87. The van der Waals surface area contributed by atoms with E-state index >= 15 is 0 Å². The Morgan fingerprint density at radius 3 is 2.90 bits per heavy atom. The highest BCUT2D eigenvalue weighted by Gasteiger charge is 2.30. The molecule has 2 aromatic rings. The number of para-hydroxylation sites is 1. The third kappa shape index (κ3) is 2.51. The minimum atomic E-state index is -0.612. The fourth-order valence-corrected chi connectivity index (χ4v) is 2.67. The largest absolute Gasteiger partial charge is 0.493 e. The van der Waals surface area contributed by atoms with E-state index in [1.54, 1.807) is 6.07 Å². The van der Waals surface area contributed by atoms with Crippen LogP contribution < -0.4 is 4.74 Å². The van der Waals surface area contributed by atoms with Gasteiger partial charge in [-0.15, -0.1) is 0 Å². The van der Waals surface area contributed by atoms with E-state index in [-0.39, 0.29) is 10.9 Å². The first-order valence-electron chi connectivity index (χ1n) is 6.49. The molecule has 0 saturated carbocycles. The highest BCUT2D eigenvalue weighted by molar-refractivity contribution is 6.30. The van der Waals surface area contributed by atoms with Crippen LogP contribution in [0.25, 0.3) is 0 Å². The number of halogens is 2. The van der Waals surface area contributed by atoms with E-state index in [0.29, 0.717) is 13.0 Å². The molecule has 1 N–H and O–H groups in total. The molecule has 0 fully saturated rings. The van der Waals surface area contributed by atoms with Crippen molar-refractivity contribution in [3.63, 3.8) is 0 Å². The molecule has 0 bridgehead atoms. The van der Waals surface area contributed by atoms with Crippen molar-refractivity contribution in [1.82, 2.24) is 0 Å². The fourth-order valence-electron chi connectivity index (χ4n) is 2.56. The van der Waals surface area contributed by atoms with E-state index in [1.165, 1.54) is 12.1 Å². The number of aliphatic hydroxyl groups excluding tert-OH is 1. The standard InChI is InChI=1S/C16H14ClFO2/c17-13-6-5-10(7-14(13)18)8-15(19)12-9-20-16-4-2-1-3-11(12)16/h1-7,12,15,19H,8-9H2. The molecule has 0 amide bonds. The van der Waals surface area contributed by atoms with Gasteiger partial charge in [0, 0.05) is 11.5 Å². The molecule has 0 radical (unpaired) electrons. The summed E-state index contributed by atoms with van der Waals surface area (Å²) in [6.07, 6.45) is -0.240. The van der Waals surface area contributed by atoms with Crippen molar-refractivity contribution >= 4 is 11.6 Å². The Morgan fingerprint density at radius 2 is 2.10 bits per heavy atom.